The van der Waals surface area contributed by atoms with Crippen LogP contribution in [0.25, 0.3) is 0 Å². The Morgan fingerprint density at radius 2 is 1.47 bits per heavy atom. The fourth-order valence-electron chi connectivity index (χ4n) is 6.85. The Bertz CT molecular complexity index is 1570. The number of carboxylic acid groups (broad SMARTS) is 1. The topological polar surface area (TPSA) is 345 Å². The Balaban J connectivity index is 1.77. The van der Waals surface area contributed by atoms with E-state index in [2.05, 4.69) is 42.5 Å². The van der Waals surface area contributed by atoms with E-state index in [1.54, 1.807) is 6.26 Å². The second-order valence-corrected chi connectivity index (χ2v) is 17.9. The number of carbonyl (C=O) groups excluding carboxylic acids is 9. The average molecular weight is 917 g/mol. The second-order valence-electron chi connectivity index (χ2n) is 15.6. The van der Waals surface area contributed by atoms with Crippen molar-refractivity contribution in [1.82, 2.24) is 48.0 Å². The molecule has 0 saturated carbocycles. The van der Waals surface area contributed by atoms with Crippen LogP contribution in [0.3, 0.4) is 0 Å². The molecular weight excluding hydrogens is 853 g/mol. The molecule has 2 fully saturated rings. The normalized spacial score (nSPS) is 18.4. The Morgan fingerprint density at radius 1 is 0.774 bits per heavy atom. The molecule has 2 heterocycles. The van der Waals surface area contributed by atoms with Crippen LogP contribution in [-0.4, -0.2) is 142 Å². The van der Waals surface area contributed by atoms with Crippen LogP contribution in [0.15, 0.2) is 0 Å². The number of hydrogen-bond donors (Lipinski definition) is 12. The average Bonchev–Trinajstić information content (AvgIpc) is 3.78. The molecule has 10 amide bonds. The summed E-state index contributed by atoms with van der Waals surface area (Å²) in [6.07, 6.45) is 4.91. The molecule has 0 aromatic heterocycles. The fraction of sp³-hybridized carbons (Fsp3) is 0.737. The molecule has 0 aromatic rings. The van der Waals surface area contributed by atoms with Crippen LogP contribution in [0.4, 0.5) is 4.79 Å². The van der Waals surface area contributed by atoms with Gasteiger partial charge in [-0.3, -0.25) is 48.4 Å². The summed E-state index contributed by atoms with van der Waals surface area (Å²) in [6.45, 7) is 2.79. The highest BCUT2D eigenvalue weighted by Crippen LogP contribution is 2.33. The van der Waals surface area contributed by atoms with E-state index in [4.69, 9.17) is 10.9 Å². The number of primary amides is 1. The number of nitrogens with two attached hydrogens (primary N) is 1. The summed E-state index contributed by atoms with van der Waals surface area (Å²) in [4.78, 5) is 124. The maximum absolute atomic E-state index is 13.4. The molecule has 0 bridgehead atoms. The number of hydroxylamine groups is 1. The summed E-state index contributed by atoms with van der Waals surface area (Å²) < 4.78 is 0. The zero-order valence-electron chi connectivity index (χ0n) is 35.5. The maximum Gasteiger partial charge on any atom is 0.315 e. The molecule has 0 aliphatic carbocycles. The van der Waals surface area contributed by atoms with Crippen molar-refractivity contribution in [2.45, 2.75) is 126 Å². The third kappa shape index (κ3) is 20.8. The van der Waals surface area contributed by atoms with Crippen molar-refractivity contribution >= 4 is 82.8 Å². The molecule has 62 heavy (non-hydrogen) atoms. The summed E-state index contributed by atoms with van der Waals surface area (Å²) >= 11 is 3.21. The molecule has 2 aliphatic heterocycles. The van der Waals surface area contributed by atoms with Crippen molar-refractivity contribution in [3.63, 3.8) is 0 Å². The molecule has 7 atom stereocenters. The van der Waals surface area contributed by atoms with Gasteiger partial charge in [0.25, 0.3) is 0 Å². The Labute approximate surface area is 369 Å². The summed E-state index contributed by atoms with van der Waals surface area (Å²) in [6, 6.07) is -3.50. The van der Waals surface area contributed by atoms with E-state index in [0.29, 0.717) is 43.2 Å². The SMILES string of the molecule is CSCC[C@H](NC(=O)C(CC(=O)NO)CC(C)C)C(=O)N[C@@H](CCC(=O)O)C(=O)NCC(=O)NCC(=O)N[C@@H](CCCCNC(=O)CCCC[C@@H]1SC[C@@H]2NC(=O)N[C@@H]21)C(N)=O. The predicted molar refractivity (Wildman–Crippen MR) is 229 cm³/mol. The number of urea groups is 1. The molecule has 350 valence electrons. The van der Waals surface area contributed by atoms with Crippen LogP contribution < -0.4 is 53.7 Å². The fourth-order valence-corrected chi connectivity index (χ4v) is 8.87. The summed E-state index contributed by atoms with van der Waals surface area (Å²) in [5, 5.41) is 39.3. The molecule has 0 radical (unpaired) electrons. The minimum Gasteiger partial charge on any atom is -0.481 e. The number of thioether (sulfide) groups is 2. The van der Waals surface area contributed by atoms with Gasteiger partial charge in [0, 0.05) is 42.7 Å². The smallest absolute Gasteiger partial charge is 0.315 e. The minimum absolute atomic E-state index is 0.0118. The number of hydrogen-bond acceptors (Lipinski definition) is 13. The van der Waals surface area contributed by atoms with Crippen molar-refractivity contribution in [3.05, 3.63) is 0 Å². The molecule has 2 aliphatic rings. The molecule has 1 unspecified atom stereocenters. The van der Waals surface area contributed by atoms with Crippen molar-refractivity contribution in [2.24, 2.45) is 17.6 Å². The monoisotopic (exact) mass is 916 g/mol. The van der Waals surface area contributed by atoms with E-state index in [9.17, 15) is 53.1 Å². The lowest BCUT2D eigenvalue weighted by molar-refractivity contribution is -0.138. The molecule has 2 rings (SSSR count). The van der Waals surface area contributed by atoms with E-state index in [-0.39, 0.29) is 62.0 Å². The number of nitrogens with one attached hydrogen (secondary N) is 9. The first kappa shape index (κ1) is 53.3. The largest absolute Gasteiger partial charge is 0.481 e. The van der Waals surface area contributed by atoms with E-state index >= 15 is 0 Å². The number of carboxylic acids is 1. The maximum atomic E-state index is 13.4. The predicted octanol–water partition coefficient (Wildman–Crippen LogP) is -1.65. The molecule has 0 spiro atoms. The standard InChI is InChI=1S/C38H64N10O12S2/c1-21(2)16-22(17-29(50)48-60)35(56)44-25(13-15-61-3)37(58)45-24(11-12-32(53)54)36(57)42-18-30(51)41-19-31(52)43-23(34(39)55)8-6-7-14-40-28(49)10-5-4-9-27-33-26(20-62-27)46-38(59)47-33/h21-27,33,60H,4-20H2,1-3H3,(H2,39,55)(H,40,49)(H,41,51)(H,42,57)(H,43,52)(H,44,56)(H,45,58)(H,48,50)(H,53,54)(H2,46,47,59)/t22?,23-,24-,25-,26-,27-,33-/m0/s1. The van der Waals surface area contributed by atoms with Crippen LogP contribution in [-0.2, 0) is 43.2 Å². The van der Waals surface area contributed by atoms with Crippen molar-refractivity contribution in [2.75, 3.05) is 37.4 Å². The lowest BCUT2D eigenvalue weighted by Crippen LogP contribution is -2.55. The first-order valence-corrected chi connectivity index (χ1v) is 23.2. The van der Waals surface area contributed by atoms with Gasteiger partial charge in [-0.2, -0.15) is 23.5 Å². The first-order chi connectivity index (χ1) is 29.4. The van der Waals surface area contributed by atoms with Gasteiger partial charge in [-0.1, -0.05) is 20.3 Å². The molecule has 0 aromatic carbocycles. The number of aliphatic carboxylic acids is 1. The lowest BCUT2D eigenvalue weighted by Gasteiger charge is -2.25. The van der Waals surface area contributed by atoms with Gasteiger partial charge in [0.15, 0.2) is 0 Å². The third-order valence-electron chi connectivity index (χ3n) is 10.1. The summed E-state index contributed by atoms with van der Waals surface area (Å²) in [7, 11) is 0. The first-order valence-electron chi connectivity index (χ1n) is 20.8. The number of fused-ring (bicyclic) bond motifs is 1. The van der Waals surface area contributed by atoms with Gasteiger partial charge >= 0.3 is 12.0 Å². The van der Waals surface area contributed by atoms with Crippen molar-refractivity contribution in [1.29, 1.82) is 0 Å². The Hall–Kier alpha value is -4.84. The summed E-state index contributed by atoms with van der Waals surface area (Å²) in [5.41, 5.74) is 6.95. The highest BCUT2D eigenvalue weighted by molar-refractivity contribution is 8.00. The zero-order chi connectivity index (χ0) is 46.2. The molecule has 24 heteroatoms. The molecule has 2 saturated heterocycles. The third-order valence-corrected chi connectivity index (χ3v) is 12.2. The number of rotatable bonds is 31. The summed E-state index contributed by atoms with van der Waals surface area (Å²) in [5.74, 6) is -6.45. The highest BCUT2D eigenvalue weighted by atomic mass is 32.2. The van der Waals surface area contributed by atoms with Gasteiger partial charge in [0.05, 0.1) is 25.2 Å². The van der Waals surface area contributed by atoms with Gasteiger partial charge in [-0.25, -0.2) is 10.3 Å². The van der Waals surface area contributed by atoms with Gasteiger partial charge in [-0.05, 0) is 69.3 Å². The lowest BCUT2D eigenvalue weighted by atomic mass is 9.92. The molecule has 22 nitrogen and oxygen atoms in total. The van der Waals surface area contributed by atoms with Crippen LogP contribution in [0.5, 0.6) is 0 Å². The number of carbonyl (C=O) groups is 10. The van der Waals surface area contributed by atoms with E-state index in [1.165, 1.54) is 17.2 Å². The molecule has 13 N–H and O–H groups in total. The van der Waals surface area contributed by atoms with Gasteiger partial charge in [0.1, 0.15) is 18.1 Å². The van der Waals surface area contributed by atoms with Crippen LogP contribution >= 0.6 is 23.5 Å². The Kier molecular flexibility index (Phi) is 24.7. The Morgan fingerprint density at radius 3 is 2.13 bits per heavy atom. The van der Waals surface area contributed by atoms with Crippen molar-refractivity contribution < 1.29 is 58.3 Å². The highest BCUT2D eigenvalue weighted by Gasteiger charge is 2.42. The van der Waals surface area contributed by atoms with Gasteiger partial charge in [-0.15, -0.1) is 0 Å². The van der Waals surface area contributed by atoms with Gasteiger partial charge < -0.3 is 53.4 Å². The van der Waals surface area contributed by atoms with E-state index < -0.39 is 90.9 Å². The van der Waals surface area contributed by atoms with Gasteiger partial charge in [0.2, 0.25) is 47.3 Å². The van der Waals surface area contributed by atoms with Crippen molar-refractivity contribution in [3.8, 4) is 0 Å². The number of amides is 10. The van der Waals surface area contributed by atoms with E-state index in [0.717, 1.165) is 18.6 Å². The zero-order valence-corrected chi connectivity index (χ0v) is 37.1. The molecular formula is C38H64N10O12S2. The van der Waals surface area contributed by atoms with Crippen LogP contribution in [0, 0.1) is 11.8 Å². The quantitative estimate of drug-likeness (QED) is 0.0161. The van der Waals surface area contributed by atoms with Crippen LogP contribution in [0.1, 0.15) is 90.9 Å². The number of unbranched alkanes of at least 4 members (excludes halogenated alkanes) is 2. The van der Waals surface area contributed by atoms with Crippen LogP contribution in [0.2, 0.25) is 0 Å². The second kappa shape index (κ2) is 28.7. The van der Waals surface area contributed by atoms with E-state index in [1.807, 2.05) is 25.6 Å². The minimum atomic E-state index is -1.43.